The van der Waals surface area contributed by atoms with Crippen molar-refractivity contribution in [1.29, 1.82) is 0 Å². The highest BCUT2D eigenvalue weighted by atomic mass is 16.3. The summed E-state index contributed by atoms with van der Waals surface area (Å²) in [6, 6.07) is 95.5. The Labute approximate surface area is 390 Å². The van der Waals surface area contributed by atoms with E-state index >= 15 is 0 Å². The standard InChI is InChI=1S/C64H44N2O/c1-6-21-45(22-7-1)55-34-18-19-35-56(55)49-28-20-33-52(41-49)66(51-31-14-5-15-32-51)61-43-54(44-62-63(61)59-39-37-48-27-16-17-36-58(48)64(59)67-62)65(50-29-12-4-13-30-50)53-38-40-57(46-23-8-2-9-24-46)60(42-53)47-25-10-3-11-26-47/h1-44H. The number of hydrogen-bond donors (Lipinski definition) is 0. The van der Waals surface area contributed by atoms with Gasteiger partial charge in [0.15, 0.2) is 0 Å². The Morgan fingerprint density at radius 3 is 1.42 bits per heavy atom. The first-order valence-corrected chi connectivity index (χ1v) is 22.8. The van der Waals surface area contributed by atoms with Crippen LogP contribution in [-0.2, 0) is 0 Å². The molecule has 0 amide bonds. The highest BCUT2D eigenvalue weighted by molar-refractivity contribution is 6.20. The third kappa shape index (κ3) is 7.39. The summed E-state index contributed by atoms with van der Waals surface area (Å²) in [5.74, 6) is 0. The van der Waals surface area contributed by atoms with Gasteiger partial charge in [-0.3, -0.25) is 0 Å². The van der Waals surface area contributed by atoms with Crippen LogP contribution in [0.3, 0.4) is 0 Å². The van der Waals surface area contributed by atoms with Crippen LogP contribution < -0.4 is 9.80 Å². The second-order valence-electron chi connectivity index (χ2n) is 16.9. The average Bonchev–Trinajstić information content (AvgIpc) is 3.80. The lowest BCUT2D eigenvalue weighted by Gasteiger charge is -2.30. The molecule has 0 saturated carbocycles. The third-order valence-electron chi connectivity index (χ3n) is 12.8. The van der Waals surface area contributed by atoms with Crippen molar-refractivity contribution in [3.8, 4) is 44.5 Å². The molecular weight excluding hydrogens is 813 g/mol. The van der Waals surface area contributed by atoms with E-state index in [-0.39, 0.29) is 0 Å². The van der Waals surface area contributed by atoms with Gasteiger partial charge in [-0.15, -0.1) is 0 Å². The van der Waals surface area contributed by atoms with Crippen molar-refractivity contribution in [1.82, 2.24) is 0 Å². The molecular formula is C64H44N2O. The smallest absolute Gasteiger partial charge is 0.143 e. The van der Waals surface area contributed by atoms with E-state index in [1.807, 2.05) is 0 Å². The molecule has 12 rings (SSSR count). The van der Waals surface area contributed by atoms with Crippen LogP contribution in [0.15, 0.2) is 271 Å². The van der Waals surface area contributed by atoms with Gasteiger partial charge in [0.1, 0.15) is 11.2 Å². The van der Waals surface area contributed by atoms with Crippen molar-refractivity contribution in [2.24, 2.45) is 0 Å². The maximum Gasteiger partial charge on any atom is 0.143 e. The van der Waals surface area contributed by atoms with E-state index in [1.54, 1.807) is 0 Å². The fraction of sp³-hybridized carbons (Fsp3) is 0. The molecule has 11 aromatic carbocycles. The van der Waals surface area contributed by atoms with Gasteiger partial charge in [-0.1, -0.05) is 200 Å². The Bertz CT molecular complexity index is 3680. The van der Waals surface area contributed by atoms with Gasteiger partial charge in [-0.25, -0.2) is 0 Å². The molecule has 0 atom stereocenters. The van der Waals surface area contributed by atoms with Crippen LogP contribution in [0.4, 0.5) is 34.1 Å². The summed E-state index contributed by atoms with van der Waals surface area (Å²) in [6.45, 7) is 0. The second kappa shape index (κ2) is 17.2. The first-order valence-electron chi connectivity index (χ1n) is 22.8. The summed E-state index contributed by atoms with van der Waals surface area (Å²) in [5.41, 5.74) is 17.1. The van der Waals surface area contributed by atoms with E-state index in [9.17, 15) is 0 Å². The van der Waals surface area contributed by atoms with E-state index in [4.69, 9.17) is 4.42 Å². The Kier molecular flexibility index (Phi) is 10.2. The first kappa shape index (κ1) is 39.7. The number of para-hydroxylation sites is 2. The zero-order valence-electron chi connectivity index (χ0n) is 36.7. The molecule has 0 aliphatic heterocycles. The molecule has 0 spiro atoms. The summed E-state index contributed by atoms with van der Waals surface area (Å²) in [6.07, 6.45) is 0. The molecule has 0 fully saturated rings. The number of rotatable bonds is 10. The monoisotopic (exact) mass is 856 g/mol. The van der Waals surface area contributed by atoms with Crippen molar-refractivity contribution >= 4 is 66.8 Å². The Morgan fingerprint density at radius 2 is 0.761 bits per heavy atom. The molecule has 3 heteroatoms. The van der Waals surface area contributed by atoms with Gasteiger partial charge in [-0.2, -0.15) is 0 Å². The summed E-state index contributed by atoms with van der Waals surface area (Å²) in [7, 11) is 0. The highest BCUT2D eigenvalue weighted by Gasteiger charge is 2.25. The van der Waals surface area contributed by atoms with Gasteiger partial charge in [-0.05, 0) is 111 Å². The van der Waals surface area contributed by atoms with Crippen LogP contribution in [0.2, 0.25) is 0 Å². The van der Waals surface area contributed by atoms with E-state index in [1.165, 1.54) is 27.8 Å². The number of fused-ring (bicyclic) bond motifs is 5. The van der Waals surface area contributed by atoms with Gasteiger partial charge in [0.05, 0.1) is 16.8 Å². The number of benzene rings is 11. The van der Waals surface area contributed by atoms with Crippen LogP contribution in [0.1, 0.15) is 0 Å². The molecule has 0 saturated heterocycles. The highest BCUT2D eigenvalue weighted by Crippen LogP contribution is 2.50. The van der Waals surface area contributed by atoms with E-state index < -0.39 is 0 Å². The molecule has 1 aromatic heterocycles. The molecule has 316 valence electrons. The van der Waals surface area contributed by atoms with Crippen LogP contribution in [0, 0.1) is 0 Å². The molecule has 0 N–H and O–H groups in total. The molecule has 0 aliphatic rings. The van der Waals surface area contributed by atoms with Crippen molar-refractivity contribution in [2.45, 2.75) is 0 Å². The lowest BCUT2D eigenvalue weighted by atomic mass is 9.93. The van der Waals surface area contributed by atoms with E-state index in [0.717, 1.165) is 83.5 Å². The lowest BCUT2D eigenvalue weighted by molar-refractivity contribution is 0.673. The number of anilines is 6. The molecule has 0 bridgehead atoms. The zero-order chi connectivity index (χ0) is 44.5. The second-order valence-corrected chi connectivity index (χ2v) is 16.9. The number of hydrogen-bond acceptors (Lipinski definition) is 3. The maximum atomic E-state index is 7.17. The van der Waals surface area contributed by atoms with Gasteiger partial charge >= 0.3 is 0 Å². The largest absolute Gasteiger partial charge is 0.455 e. The minimum absolute atomic E-state index is 0.801. The Morgan fingerprint density at radius 1 is 0.269 bits per heavy atom. The van der Waals surface area contributed by atoms with Crippen LogP contribution >= 0.6 is 0 Å². The SMILES string of the molecule is c1ccc(-c2ccccc2-c2cccc(N(c3ccccc3)c3cc(N(c4ccccc4)c4ccc(-c5ccccc5)c(-c5ccccc5)c4)cc4oc5c6ccccc6ccc5c34)c2)cc1. The fourth-order valence-electron chi connectivity index (χ4n) is 9.75. The fourth-order valence-corrected chi connectivity index (χ4v) is 9.75. The zero-order valence-corrected chi connectivity index (χ0v) is 36.7. The van der Waals surface area contributed by atoms with Gasteiger partial charge in [0.2, 0.25) is 0 Å². The van der Waals surface area contributed by atoms with E-state index in [0.29, 0.717) is 0 Å². The minimum Gasteiger partial charge on any atom is -0.455 e. The van der Waals surface area contributed by atoms with E-state index in [2.05, 4.69) is 277 Å². The quantitative estimate of drug-likeness (QED) is 0.137. The normalized spacial score (nSPS) is 11.3. The first-order chi connectivity index (χ1) is 33.2. The molecule has 0 aliphatic carbocycles. The molecule has 67 heavy (non-hydrogen) atoms. The predicted molar refractivity (Wildman–Crippen MR) is 282 cm³/mol. The topological polar surface area (TPSA) is 19.6 Å². The van der Waals surface area contributed by atoms with Crippen molar-refractivity contribution in [2.75, 3.05) is 9.80 Å². The third-order valence-corrected chi connectivity index (χ3v) is 12.8. The molecule has 3 nitrogen and oxygen atoms in total. The molecule has 0 unspecified atom stereocenters. The van der Waals surface area contributed by atoms with Gasteiger partial charge < -0.3 is 14.2 Å². The van der Waals surface area contributed by atoms with Gasteiger partial charge in [0, 0.05) is 39.6 Å². The Hall–Kier alpha value is -8.92. The van der Waals surface area contributed by atoms with Crippen molar-refractivity contribution < 1.29 is 4.42 Å². The van der Waals surface area contributed by atoms with Crippen molar-refractivity contribution in [3.05, 3.63) is 267 Å². The summed E-state index contributed by atoms with van der Waals surface area (Å²) in [4.78, 5) is 4.77. The lowest BCUT2D eigenvalue weighted by Crippen LogP contribution is -2.14. The molecule has 12 aromatic rings. The summed E-state index contributed by atoms with van der Waals surface area (Å²) < 4.78 is 7.17. The van der Waals surface area contributed by atoms with Crippen LogP contribution in [0.25, 0.3) is 77.2 Å². The molecule has 1 heterocycles. The molecule has 0 radical (unpaired) electrons. The number of nitrogens with zero attached hydrogens (tertiary/aromatic N) is 2. The number of furan rings is 1. The van der Waals surface area contributed by atoms with Crippen LogP contribution in [-0.4, -0.2) is 0 Å². The van der Waals surface area contributed by atoms with Crippen molar-refractivity contribution in [3.63, 3.8) is 0 Å². The maximum absolute atomic E-state index is 7.17. The predicted octanol–water partition coefficient (Wildman–Crippen LogP) is 18.3. The average molecular weight is 857 g/mol. The Balaban J connectivity index is 1.13. The minimum atomic E-state index is 0.801. The summed E-state index contributed by atoms with van der Waals surface area (Å²) >= 11 is 0. The van der Waals surface area contributed by atoms with Crippen LogP contribution in [0.5, 0.6) is 0 Å². The summed E-state index contributed by atoms with van der Waals surface area (Å²) in [5, 5.41) is 4.32. The van der Waals surface area contributed by atoms with Gasteiger partial charge in [0.25, 0.3) is 0 Å².